The van der Waals surface area contributed by atoms with E-state index in [1.807, 2.05) is 18.2 Å². The highest BCUT2D eigenvalue weighted by atomic mass is 35.5. The maximum Gasteiger partial charge on any atom is 0.120 e. The number of benzene rings is 1. The third-order valence-corrected chi connectivity index (χ3v) is 2.83. The Bertz CT molecular complexity index is 316. The molecule has 76 valence electrons. The fourth-order valence-electron chi connectivity index (χ4n) is 1.88. The second-order valence-electron chi connectivity index (χ2n) is 3.65. The lowest BCUT2D eigenvalue weighted by molar-refractivity contribution is 0.201. The van der Waals surface area contributed by atoms with E-state index in [2.05, 4.69) is 5.32 Å². The molecule has 1 N–H and O–H groups in total. The van der Waals surface area contributed by atoms with Crippen molar-refractivity contribution in [3.05, 3.63) is 34.9 Å². The Hall–Kier alpha value is -0.600. The molecule has 3 heteroatoms. The first kappa shape index (κ1) is 9.94. The van der Waals surface area contributed by atoms with Gasteiger partial charge in [-0.3, -0.25) is 0 Å². The Morgan fingerprint density at radius 3 is 3.00 bits per heavy atom. The lowest BCUT2D eigenvalue weighted by Gasteiger charge is -2.27. The van der Waals surface area contributed by atoms with E-state index in [0.29, 0.717) is 11.4 Å². The van der Waals surface area contributed by atoms with Crippen molar-refractivity contribution in [2.45, 2.75) is 25.1 Å². The number of piperidine rings is 1. The van der Waals surface area contributed by atoms with Crippen LogP contribution in [0.1, 0.15) is 24.4 Å². The van der Waals surface area contributed by atoms with Crippen molar-refractivity contribution in [3.8, 4) is 0 Å². The van der Waals surface area contributed by atoms with E-state index >= 15 is 0 Å². The average molecular weight is 214 g/mol. The molecule has 0 amide bonds. The zero-order valence-electron chi connectivity index (χ0n) is 7.84. The van der Waals surface area contributed by atoms with Crippen molar-refractivity contribution in [2.75, 3.05) is 6.54 Å². The zero-order chi connectivity index (χ0) is 9.97. The van der Waals surface area contributed by atoms with Gasteiger partial charge in [0.05, 0.1) is 6.04 Å². The molecule has 2 rings (SSSR count). The van der Waals surface area contributed by atoms with Gasteiger partial charge in [-0.1, -0.05) is 23.7 Å². The normalized spacial score (nSPS) is 27.6. The summed E-state index contributed by atoms with van der Waals surface area (Å²) in [5.74, 6) is 0. The molecule has 1 heterocycles. The highest BCUT2D eigenvalue weighted by Gasteiger charge is 2.25. The van der Waals surface area contributed by atoms with Crippen LogP contribution >= 0.6 is 11.6 Å². The molecule has 0 radical (unpaired) electrons. The third kappa shape index (κ3) is 2.07. The minimum absolute atomic E-state index is 0.178. The van der Waals surface area contributed by atoms with Gasteiger partial charge in [0.2, 0.25) is 0 Å². The van der Waals surface area contributed by atoms with Crippen molar-refractivity contribution in [1.29, 1.82) is 0 Å². The van der Waals surface area contributed by atoms with Gasteiger partial charge in [-0.05, 0) is 37.1 Å². The third-order valence-electron chi connectivity index (χ3n) is 2.59. The van der Waals surface area contributed by atoms with Crippen LogP contribution in [0, 0.1) is 0 Å². The summed E-state index contributed by atoms with van der Waals surface area (Å²) in [6.07, 6.45) is 0.768. The van der Waals surface area contributed by atoms with Crippen LogP contribution in [0.15, 0.2) is 24.3 Å². The number of rotatable bonds is 1. The second kappa shape index (κ2) is 4.28. The number of nitrogens with one attached hydrogen (secondary N) is 1. The van der Waals surface area contributed by atoms with Gasteiger partial charge in [0.25, 0.3) is 0 Å². The van der Waals surface area contributed by atoms with E-state index in [1.165, 1.54) is 0 Å². The van der Waals surface area contributed by atoms with E-state index in [4.69, 9.17) is 11.6 Å². The summed E-state index contributed by atoms with van der Waals surface area (Å²) in [5, 5.41) is 3.85. The molecular weight excluding hydrogens is 201 g/mol. The zero-order valence-corrected chi connectivity index (χ0v) is 8.60. The molecule has 0 saturated carbocycles. The fourth-order valence-corrected chi connectivity index (χ4v) is 2.07. The lowest BCUT2D eigenvalue weighted by atomic mass is 9.96. The van der Waals surface area contributed by atoms with Crippen LogP contribution < -0.4 is 5.32 Å². The number of hydrogen-bond acceptors (Lipinski definition) is 1. The molecule has 1 fully saturated rings. The molecule has 1 aliphatic rings. The standard InChI is InChI=1S/C11H13ClFN/c12-9-4-1-3-8(7-9)11-10(13)5-2-6-14-11/h1,3-4,7,10-11,14H,2,5-6H2. The molecular formula is C11H13ClFN. The predicted molar refractivity (Wildman–Crippen MR) is 56.3 cm³/mol. The summed E-state index contributed by atoms with van der Waals surface area (Å²) in [6.45, 7) is 0.887. The molecule has 1 aromatic carbocycles. The van der Waals surface area contributed by atoms with E-state index in [0.717, 1.165) is 18.5 Å². The van der Waals surface area contributed by atoms with E-state index in [1.54, 1.807) is 6.07 Å². The number of alkyl halides is 1. The first-order valence-electron chi connectivity index (χ1n) is 4.90. The van der Waals surface area contributed by atoms with Crippen molar-refractivity contribution in [3.63, 3.8) is 0 Å². The fraction of sp³-hybridized carbons (Fsp3) is 0.455. The second-order valence-corrected chi connectivity index (χ2v) is 4.08. The van der Waals surface area contributed by atoms with Gasteiger partial charge in [0.15, 0.2) is 0 Å². The van der Waals surface area contributed by atoms with Gasteiger partial charge in [0.1, 0.15) is 6.17 Å². The van der Waals surface area contributed by atoms with E-state index in [-0.39, 0.29) is 6.04 Å². The van der Waals surface area contributed by atoms with Gasteiger partial charge in [-0.25, -0.2) is 4.39 Å². The van der Waals surface area contributed by atoms with Gasteiger partial charge >= 0.3 is 0 Å². The number of halogens is 2. The molecule has 1 aliphatic heterocycles. The maximum absolute atomic E-state index is 13.6. The molecule has 1 nitrogen and oxygen atoms in total. The highest BCUT2D eigenvalue weighted by Crippen LogP contribution is 2.27. The Kier molecular flexibility index (Phi) is 3.04. The van der Waals surface area contributed by atoms with Crippen LogP contribution in [-0.2, 0) is 0 Å². The highest BCUT2D eigenvalue weighted by molar-refractivity contribution is 6.30. The minimum atomic E-state index is -0.790. The van der Waals surface area contributed by atoms with Crippen LogP contribution in [0.3, 0.4) is 0 Å². The van der Waals surface area contributed by atoms with Crippen LogP contribution in [0.4, 0.5) is 4.39 Å². The van der Waals surface area contributed by atoms with Crippen molar-refractivity contribution >= 4 is 11.6 Å². The average Bonchev–Trinajstić information content (AvgIpc) is 2.18. The molecule has 0 bridgehead atoms. The summed E-state index contributed by atoms with van der Waals surface area (Å²) < 4.78 is 13.6. The molecule has 1 saturated heterocycles. The number of hydrogen-bond donors (Lipinski definition) is 1. The predicted octanol–water partition coefficient (Wildman–Crippen LogP) is 3.10. The molecule has 14 heavy (non-hydrogen) atoms. The van der Waals surface area contributed by atoms with Gasteiger partial charge < -0.3 is 5.32 Å². The Morgan fingerprint density at radius 1 is 1.43 bits per heavy atom. The molecule has 1 aromatic rings. The van der Waals surface area contributed by atoms with E-state index < -0.39 is 6.17 Å². The molecule has 2 unspecified atom stereocenters. The summed E-state index contributed by atoms with van der Waals surface area (Å²) in [5.41, 5.74) is 0.949. The topological polar surface area (TPSA) is 12.0 Å². The lowest BCUT2D eigenvalue weighted by Crippen LogP contribution is -2.35. The first-order chi connectivity index (χ1) is 6.77. The Balaban J connectivity index is 2.20. The SMILES string of the molecule is FC1CCCNC1c1cccc(Cl)c1. The molecule has 0 aliphatic carbocycles. The Morgan fingerprint density at radius 2 is 2.29 bits per heavy atom. The van der Waals surface area contributed by atoms with Gasteiger partial charge in [0, 0.05) is 5.02 Å². The van der Waals surface area contributed by atoms with Gasteiger partial charge in [-0.15, -0.1) is 0 Å². The molecule has 2 atom stereocenters. The van der Waals surface area contributed by atoms with Crippen LogP contribution in [0.5, 0.6) is 0 Å². The summed E-state index contributed by atoms with van der Waals surface area (Å²) in [4.78, 5) is 0. The smallest absolute Gasteiger partial charge is 0.120 e. The summed E-state index contributed by atoms with van der Waals surface area (Å²) in [6, 6.07) is 7.24. The largest absolute Gasteiger partial charge is 0.308 e. The molecule has 0 aromatic heterocycles. The van der Waals surface area contributed by atoms with Crippen molar-refractivity contribution in [2.24, 2.45) is 0 Å². The van der Waals surface area contributed by atoms with E-state index in [9.17, 15) is 4.39 Å². The van der Waals surface area contributed by atoms with Crippen LogP contribution in [0.2, 0.25) is 5.02 Å². The minimum Gasteiger partial charge on any atom is -0.308 e. The Labute approximate surface area is 88.3 Å². The summed E-state index contributed by atoms with van der Waals surface area (Å²) in [7, 11) is 0. The van der Waals surface area contributed by atoms with Crippen LogP contribution in [-0.4, -0.2) is 12.7 Å². The van der Waals surface area contributed by atoms with Crippen LogP contribution in [0.25, 0.3) is 0 Å². The van der Waals surface area contributed by atoms with Crippen molar-refractivity contribution < 1.29 is 4.39 Å². The maximum atomic E-state index is 13.6. The molecule has 0 spiro atoms. The first-order valence-corrected chi connectivity index (χ1v) is 5.28. The van der Waals surface area contributed by atoms with Crippen molar-refractivity contribution in [1.82, 2.24) is 5.32 Å². The monoisotopic (exact) mass is 213 g/mol. The summed E-state index contributed by atoms with van der Waals surface area (Å²) >= 11 is 5.86. The quantitative estimate of drug-likeness (QED) is 0.756. The van der Waals surface area contributed by atoms with Gasteiger partial charge in [-0.2, -0.15) is 0 Å².